The summed E-state index contributed by atoms with van der Waals surface area (Å²) in [5, 5.41) is 3.72. The van der Waals surface area contributed by atoms with Crippen LogP contribution in [0.2, 0.25) is 0 Å². The second-order valence-electron chi connectivity index (χ2n) is 9.16. The fourth-order valence-corrected chi connectivity index (χ4v) is 6.77. The van der Waals surface area contributed by atoms with E-state index in [4.69, 9.17) is 4.74 Å². The molecule has 146 valence electrons. The highest BCUT2D eigenvalue weighted by Gasteiger charge is 2.54. The molecule has 4 aliphatic rings. The number of nitrogens with zero attached hydrogens (tertiary/aromatic N) is 1. The van der Waals surface area contributed by atoms with E-state index in [1.165, 1.54) is 32.8 Å². The van der Waals surface area contributed by atoms with E-state index >= 15 is 0 Å². The number of piperidine rings is 1. The molecule has 5 heteroatoms. The monoisotopic (exact) mass is 362 g/mol. The van der Waals surface area contributed by atoms with Gasteiger partial charge in [0, 0.05) is 25.0 Å². The van der Waals surface area contributed by atoms with Crippen molar-refractivity contribution in [1.29, 1.82) is 0 Å². The average molecular weight is 363 g/mol. The van der Waals surface area contributed by atoms with Gasteiger partial charge in [0.15, 0.2) is 0 Å². The van der Waals surface area contributed by atoms with Gasteiger partial charge < -0.3 is 15.0 Å². The highest BCUT2D eigenvalue weighted by molar-refractivity contribution is 5.86. The van der Waals surface area contributed by atoms with Gasteiger partial charge in [0.25, 0.3) is 0 Å². The number of methoxy groups -OCH3 is 1. The van der Waals surface area contributed by atoms with Gasteiger partial charge >= 0.3 is 5.97 Å². The summed E-state index contributed by atoms with van der Waals surface area (Å²) in [7, 11) is 3.66. The summed E-state index contributed by atoms with van der Waals surface area (Å²) >= 11 is 0. The topological polar surface area (TPSA) is 58.6 Å². The van der Waals surface area contributed by atoms with E-state index in [1.807, 2.05) is 0 Å². The zero-order valence-corrected chi connectivity index (χ0v) is 16.4. The molecule has 4 rings (SSSR count). The van der Waals surface area contributed by atoms with Gasteiger partial charge in [-0.2, -0.15) is 0 Å². The summed E-state index contributed by atoms with van der Waals surface area (Å²) in [6.07, 6.45) is 7.48. The van der Waals surface area contributed by atoms with Crippen molar-refractivity contribution in [2.24, 2.45) is 29.6 Å². The number of ketones is 1. The van der Waals surface area contributed by atoms with Gasteiger partial charge in [-0.15, -0.1) is 0 Å². The lowest BCUT2D eigenvalue weighted by molar-refractivity contribution is -0.157. The van der Waals surface area contributed by atoms with Crippen LogP contribution in [0.4, 0.5) is 0 Å². The van der Waals surface area contributed by atoms with Gasteiger partial charge in [0.05, 0.1) is 19.1 Å². The maximum absolute atomic E-state index is 13.3. The molecule has 8 atom stereocenters. The third kappa shape index (κ3) is 2.91. The Hall–Kier alpha value is -0.940. The van der Waals surface area contributed by atoms with Crippen molar-refractivity contribution in [2.45, 2.75) is 70.0 Å². The van der Waals surface area contributed by atoms with Crippen molar-refractivity contribution in [1.82, 2.24) is 10.2 Å². The first kappa shape index (κ1) is 18.4. The van der Waals surface area contributed by atoms with Gasteiger partial charge in [-0.05, 0) is 50.0 Å². The number of likely N-dealkylation sites (tertiary alicyclic amines) is 1. The molecule has 2 aliphatic heterocycles. The molecule has 2 heterocycles. The first-order valence-corrected chi connectivity index (χ1v) is 10.6. The van der Waals surface area contributed by atoms with Crippen molar-refractivity contribution in [3.63, 3.8) is 0 Å². The van der Waals surface area contributed by atoms with E-state index in [0.29, 0.717) is 36.0 Å². The summed E-state index contributed by atoms with van der Waals surface area (Å²) in [5.41, 5.74) is 0. The Morgan fingerprint density at radius 1 is 1.23 bits per heavy atom. The van der Waals surface area contributed by atoms with Crippen LogP contribution in [0, 0.1) is 29.6 Å². The smallest absolute Gasteiger partial charge is 0.310 e. The standard InChI is InChI=1S/C21H34N2O3/c1-4-12-11-23(2)17-9-15-13-7-5-6-8-16(13)22-20(15)18(24)10-14(12)19(17)21(25)26-3/h12-17,19-20,22H,4-11H2,1-3H3. The van der Waals surface area contributed by atoms with E-state index < -0.39 is 0 Å². The largest absolute Gasteiger partial charge is 0.469 e. The minimum Gasteiger partial charge on any atom is -0.469 e. The molecule has 0 radical (unpaired) electrons. The number of hydrogen-bond acceptors (Lipinski definition) is 5. The van der Waals surface area contributed by atoms with Gasteiger partial charge in [-0.3, -0.25) is 9.59 Å². The van der Waals surface area contributed by atoms with E-state index in [9.17, 15) is 9.59 Å². The number of rotatable bonds is 2. The second-order valence-corrected chi connectivity index (χ2v) is 9.16. The van der Waals surface area contributed by atoms with Crippen LogP contribution < -0.4 is 5.32 Å². The Balaban J connectivity index is 1.69. The number of Topliss-reactive ketones (excluding diaryl/α,β-unsaturated/α-hetero) is 1. The number of hydrogen-bond donors (Lipinski definition) is 1. The molecule has 0 aromatic heterocycles. The Kier molecular flexibility index (Phi) is 5.13. The molecule has 4 fully saturated rings. The van der Waals surface area contributed by atoms with Gasteiger partial charge in [-0.1, -0.05) is 26.2 Å². The highest BCUT2D eigenvalue weighted by Crippen LogP contribution is 2.47. The Bertz CT molecular complexity index is 565. The van der Waals surface area contributed by atoms with Crippen LogP contribution in [0.5, 0.6) is 0 Å². The maximum atomic E-state index is 13.3. The minimum absolute atomic E-state index is 0.00991. The Labute approximate surface area is 157 Å². The molecule has 0 spiro atoms. The molecule has 5 nitrogen and oxygen atoms in total. The number of carbonyl (C=O) groups excluding carboxylic acids is 2. The average Bonchev–Trinajstić information content (AvgIpc) is 3.01. The molecule has 2 bridgehead atoms. The summed E-state index contributed by atoms with van der Waals surface area (Å²) in [4.78, 5) is 28.4. The van der Waals surface area contributed by atoms with Crippen LogP contribution in [0.25, 0.3) is 0 Å². The molecule has 8 unspecified atom stereocenters. The quantitative estimate of drug-likeness (QED) is 0.764. The molecule has 2 aliphatic carbocycles. The summed E-state index contributed by atoms with van der Waals surface area (Å²) in [6, 6.07) is 0.721. The maximum Gasteiger partial charge on any atom is 0.310 e. The number of carbonyl (C=O) groups is 2. The van der Waals surface area contributed by atoms with Crippen molar-refractivity contribution in [3.8, 4) is 0 Å². The number of ether oxygens (including phenoxy) is 1. The summed E-state index contributed by atoms with van der Waals surface area (Å²) in [6.45, 7) is 3.17. The van der Waals surface area contributed by atoms with Crippen molar-refractivity contribution in [3.05, 3.63) is 0 Å². The number of esters is 1. The van der Waals surface area contributed by atoms with Crippen molar-refractivity contribution >= 4 is 11.8 Å². The van der Waals surface area contributed by atoms with Crippen LogP contribution in [0.1, 0.15) is 51.9 Å². The molecule has 0 amide bonds. The lowest BCUT2D eigenvalue weighted by Gasteiger charge is -2.50. The van der Waals surface area contributed by atoms with E-state index in [1.54, 1.807) is 0 Å². The highest BCUT2D eigenvalue weighted by atomic mass is 16.5. The first-order valence-electron chi connectivity index (χ1n) is 10.6. The fourth-order valence-electron chi connectivity index (χ4n) is 6.77. The molecule has 26 heavy (non-hydrogen) atoms. The molecule has 0 aromatic rings. The van der Waals surface area contributed by atoms with Crippen LogP contribution >= 0.6 is 0 Å². The third-order valence-electron chi connectivity index (χ3n) is 8.06. The van der Waals surface area contributed by atoms with Crippen LogP contribution in [-0.4, -0.2) is 55.5 Å². The van der Waals surface area contributed by atoms with Crippen LogP contribution in [0.3, 0.4) is 0 Å². The predicted octanol–water partition coefficient (Wildman–Crippen LogP) is 2.24. The predicted molar refractivity (Wildman–Crippen MR) is 99.6 cm³/mol. The van der Waals surface area contributed by atoms with Crippen LogP contribution in [0.15, 0.2) is 0 Å². The number of nitrogens with one attached hydrogen (secondary N) is 1. The van der Waals surface area contributed by atoms with Crippen molar-refractivity contribution in [2.75, 3.05) is 20.7 Å². The van der Waals surface area contributed by atoms with Gasteiger partial charge in [0.2, 0.25) is 0 Å². The molecule has 2 saturated carbocycles. The van der Waals surface area contributed by atoms with E-state index in [-0.39, 0.29) is 29.9 Å². The van der Waals surface area contributed by atoms with Gasteiger partial charge in [-0.25, -0.2) is 0 Å². The lowest BCUT2D eigenvalue weighted by Crippen LogP contribution is -2.58. The lowest BCUT2D eigenvalue weighted by atomic mass is 9.63. The SMILES string of the molecule is CCC1CN(C)C2CC3C(NC4CCCCC43)C(=O)CC1C2C(=O)OC. The van der Waals surface area contributed by atoms with Crippen LogP contribution in [-0.2, 0) is 14.3 Å². The summed E-state index contributed by atoms with van der Waals surface area (Å²) < 4.78 is 5.22. The molecule has 1 N–H and O–H groups in total. The normalized spacial score (nSPS) is 46.0. The Morgan fingerprint density at radius 3 is 2.73 bits per heavy atom. The third-order valence-corrected chi connectivity index (χ3v) is 8.06. The van der Waals surface area contributed by atoms with E-state index in [2.05, 4.69) is 24.2 Å². The van der Waals surface area contributed by atoms with Gasteiger partial charge in [0.1, 0.15) is 5.78 Å². The Morgan fingerprint density at radius 2 is 2.00 bits per heavy atom. The molecular weight excluding hydrogens is 328 g/mol. The number of fused-ring (bicyclic) bond motifs is 5. The summed E-state index contributed by atoms with van der Waals surface area (Å²) in [5.74, 6) is 1.59. The molecule has 2 saturated heterocycles. The first-order chi connectivity index (χ1) is 12.5. The molecular formula is C21H34N2O3. The second kappa shape index (κ2) is 7.23. The zero-order chi connectivity index (χ0) is 18.4. The van der Waals surface area contributed by atoms with E-state index in [0.717, 1.165) is 19.4 Å². The zero-order valence-electron chi connectivity index (χ0n) is 16.4. The fraction of sp³-hybridized carbons (Fsp3) is 0.905. The van der Waals surface area contributed by atoms with Crippen molar-refractivity contribution < 1.29 is 14.3 Å². The minimum atomic E-state index is -0.156. The molecule has 0 aromatic carbocycles.